The van der Waals surface area contributed by atoms with E-state index in [2.05, 4.69) is 5.48 Å². The van der Waals surface area contributed by atoms with Crippen LogP contribution in [0.15, 0.2) is 18.2 Å². The van der Waals surface area contributed by atoms with Gasteiger partial charge in [0.2, 0.25) is 0 Å². The van der Waals surface area contributed by atoms with Crippen molar-refractivity contribution in [3.63, 3.8) is 0 Å². The van der Waals surface area contributed by atoms with Gasteiger partial charge >= 0.3 is 0 Å². The molecule has 0 bridgehead atoms. The van der Waals surface area contributed by atoms with Crippen LogP contribution in [0.1, 0.15) is 32.4 Å². The van der Waals surface area contributed by atoms with E-state index in [1.165, 1.54) is 0 Å². The Hall–Kier alpha value is -1.26. The molecule has 4 heteroatoms. The van der Waals surface area contributed by atoms with Gasteiger partial charge in [0.1, 0.15) is 18.1 Å². The molecule has 1 heterocycles. The largest absolute Gasteiger partial charge is 0.508 e. The van der Waals surface area contributed by atoms with Gasteiger partial charge in [0.25, 0.3) is 0 Å². The van der Waals surface area contributed by atoms with Crippen LogP contribution in [-0.4, -0.2) is 17.3 Å². The summed E-state index contributed by atoms with van der Waals surface area (Å²) >= 11 is 0. The number of rotatable bonds is 2. The normalized spacial score (nSPS) is 19.3. The average Bonchev–Trinajstić information content (AvgIpc) is 2.56. The summed E-state index contributed by atoms with van der Waals surface area (Å²) in [7, 11) is 0. The lowest BCUT2D eigenvalue weighted by atomic mass is 10.1. The average molecular weight is 223 g/mol. The van der Waals surface area contributed by atoms with E-state index in [1.807, 2.05) is 26.8 Å². The maximum atomic E-state index is 9.31. The highest BCUT2D eigenvalue weighted by Crippen LogP contribution is 2.35. The third kappa shape index (κ3) is 2.46. The number of fused-ring (bicyclic) bond motifs is 1. The quantitative estimate of drug-likeness (QED) is 0.754. The van der Waals surface area contributed by atoms with Crippen LogP contribution in [0, 0.1) is 0 Å². The molecule has 1 unspecified atom stereocenters. The molecule has 0 aliphatic carbocycles. The lowest BCUT2D eigenvalue weighted by Gasteiger charge is -2.22. The molecule has 2 rings (SSSR count). The van der Waals surface area contributed by atoms with Crippen molar-refractivity contribution >= 4 is 0 Å². The molecule has 16 heavy (non-hydrogen) atoms. The van der Waals surface area contributed by atoms with Gasteiger partial charge in [-0.1, -0.05) is 0 Å². The highest BCUT2D eigenvalue weighted by Gasteiger charge is 2.26. The van der Waals surface area contributed by atoms with Crippen molar-refractivity contribution < 1.29 is 14.7 Å². The highest BCUT2D eigenvalue weighted by atomic mass is 16.7. The van der Waals surface area contributed by atoms with Crippen molar-refractivity contribution in [3.05, 3.63) is 23.8 Å². The number of hydrogen-bond donors (Lipinski definition) is 2. The molecule has 4 nitrogen and oxygen atoms in total. The van der Waals surface area contributed by atoms with E-state index in [0.29, 0.717) is 6.61 Å². The summed E-state index contributed by atoms with van der Waals surface area (Å²) in [6.07, 6.45) is 0. The number of ether oxygens (including phenoxy) is 1. The van der Waals surface area contributed by atoms with E-state index in [-0.39, 0.29) is 17.4 Å². The first kappa shape index (κ1) is 11.2. The molecule has 1 aliphatic heterocycles. The van der Waals surface area contributed by atoms with Crippen LogP contribution < -0.4 is 10.2 Å². The summed E-state index contributed by atoms with van der Waals surface area (Å²) < 4.78 is 5.45. The fourth-order valence-electron chi connectivity index (χ4n) is 1.54. The number of phenols is 1. The summed E-state index contributed by atoms with van der Waals surface area (Å²) in [5.41, 5.74) is 3.77. The standard InChI is InChI=1S/C12H17NO3/c1-12(2,3)16-13-10-7-15-11-6-8(14)4-5-9(10)11/h4-6,10,13-14H,7H2,1-3H3. The van der Waals surface area contributed by atoms with Crippen molar-refractivity contribution in [3.8, 4) is 11.5 Å². The van der Waals surface area contributed by atoms with E-state index in [9.17, 15) is 5.11 Å². The third-order valence-electron chi connectivity index (χ3n) is 2.29. The van der Waals surface area contributed by atoms with Crippen molar-refractivity contribution in [1.82, 2.24) is 5.48 Å². The molecule has 0 spiro atoms. The number of aromatic hydroxyl groups is 1. The number of phenolic OH excluding ortho intramolecular Hbond substituents is 1. The lowest BCUT2D eigenvalue weighted by Crippen LogP contribution is -2.32. The number of nitrogens with one attached hydrogen (secondary N) is 1. The second kappa shape index (κ2) is 3.96. The molecule has 0 saturated heterocycles. The molecule has 0 aromatic heterocycles. The van der Waals surface area contributed by atoms with Crippen molar-refractivity contribution in [1.29, 1.82) is 0 Å². The molecule has 88 valence electrons. The van der Waals surface area contributed by atoms with Gasteiger partial charge in [-0.25, -0.2) is 0 Å². The fourth-order valence-corrected chi connectivity index (χ4v) is 1.54. The Kier molecular flexibility index (Phi) is 2.78. The Morgan fingerprint density at radius 2 is 2.19 bits per heavy atom. The van der Waals surface area contributed by atoms with Crippen LogP contribution in [0.4, 0.5) is 0 Å². The van der Waals surface area contributed by atoms with Crippen LogP contribution >= 0.6 is 0 Å². The zero-order valence-corrected chi connectivity index (χ0v) is 9.78. The van der Waals surface area contributed by atoms with E-state index in [4.69, 9.17) is 9.57 Å². The van der Waals surface area contributed by atoms with Gasteiger partial charge in [0.05, 0.1) is 11.6 Å². The molecule has 0 radical (unpaired) electrons. The number of hydrogen-bond acceptors (Lipinski definition) is 4. The monoisotopic (exact) mass is 223 g/mol. The molecule has 2 N–H and O–H groups in total. The number of benzene rings is 1. The smallest absolute Gasteiger partial charge is 0.128 e. The molecule has 1 aromatic carbocycles. The molecule has 1 atom stereocenters. The van der Waals surface area contributed by atoms with E-state index < -0.39 is 0 Å². The van der Waals surface area contributed by atoms with Gasteiger partial charge in [0.15, 0.2) is 0 Å². The predicted octanol–water partition coefficient (Wildman–Crippen LogP) is 2.15. The van der Waals surface area contributed by atoms with Gasteiger partial charge in [-0.2, -0.15) is 5.48 Å². The maximum Gasteiger partial charge on any atom is 0.128 e. The summed E-state index contributed by atoms with van der Waals surface area (Å²) in [6.45, 7) is 6.46. The maximum absolute atomic E-state index is 9.31. The van der Waals surface area contributed by atoms with Crippen LogP contribution in [0.2, 0.25) is 0 Å². The Balaban J connectivity index is 2.06. The molecular weight excluding hydrogens is 206 g/mol. The second-order valence-corrected chi connectivity index (χ2v) is 4.92. The summed E-state index contributed by atoms with van der Waals surface area (Å²) in [5, 5.41) is 9.31. The zero-order valence-electron chi connectivity index (χ0n) is 9.78. The zero-order chi connectivity index (χ0) is 11.8. The van der Waals surface area contributed by atoms with Gasteiger partial charge in [-0.3, -0.25) is 4.84 Å². The molecule has 0 saturated carbocycles. The van der Waals surface area contributed by atoms with E-state index in [1.54, 1.807) is 12.1 Å². The molecule has 0 fully saturated rings. The summed E-state index contributed by atoms with van der Waals surface area (Å²) in [4.78, 5) is 5.51. The minimum absolute atomic E-state index is 0.0230. The van der Waals surface area contributed by atoms with E-state index >= 15 is 0 Å². The summed E-state index contributed by atoms with van der Waals surface area (Å²) in [5.74, 6) is 0.936. The van der Waals surface area contributed by atoms with E-state index in [0.717, 1.165) is 11.3 Å². The van der Waals surface area contributed by atoms with Gasteiger partial charge < -0.3 is 9.84 Å². The molecule has 1 aromatic rings. The van der Waals surface area contributed by atoms with Crippen LogP contribution in [0.25, 0.3) is 0 Å². The molecule has 0 amide bonds. The minimum atomic E-state index is -0.236. The lowest BCUT2D eigenvalue weighted by molar-refractivity contribution is -0.0905. The Morgan fingerprint density at radius 1 is 1.44 bits per heavy atom. The van der Waals surface area contributed by atoms with Gasteiger partial charge in [-0.15, -0.1) is 0 Å². The second-order valence-electron chi connectivity index (χ2n) is 4.92. The van der Waals surface area contributed by atoms with Crippen molar-refractivity contribution in [2.24, 2.45) is 0 Å². The van der Waals surface area contributed by atoms with Crippen molar-refractivity contribution in [2.75, 3.05) is 6.61 Å². The summed E-state index contributed by atoms with van der Waals surface area (Å²) in [6, 6.07) is 5.14. The highest BCUT2D eigenvalue weighted by molar-refractivity contribution is 5.44. The third-order valence-corrected chi connectivity index (χ3v) is 2.29. The molecular formula is C12H17NO3. The first-order valence-corrected chi connectivity index (χ1v) is 5.35. The Labute approximate surface area is 95.1 Å². The Bertz CT molecular complexity index is 384. The van der Waals surface area contributed by atoms with Crippen molar-refractivity contribution in [2.45, 2.75) is 32.4 Å². The first-order chi connectivity index (χ1) is 7.46. The number of hydroxylamine groups is 1. The first-order valence-electron chi connectivity index (χ1n) is 5.35. The van der Waals surface area contributed by atoms with Gasteiger partial charge in [0, 0.05) is 11.6 Å². The minimum Gasteiger partial charge on any atom is -0.508 e. The molecule has 1 aliphatic rings. The fraction of sp³-hybridized carbons (Fsp3) is 0.500. The van der Waals surface area contributed by atoms with Crippen LogP contribution in [0.5, 0.6) is 11.5 Å². The van der Waals surface area contributed by atoms with Crippen LogP contribution in [0.3, 0.4) is 0 Å². The SMILES string of the molecule is CC(C)(C)ONC1COc2cc(O)ccc21. The van der Waals surface area contributed by atoms with Gasteiger partial charge in [-0.05, 0) is 32.9 Å². The van der Waals surface area contributed by atoms with Crippen LogP contribution in [-0.2, 0) is 4.84 Å². The topological polar surface area (TPSA) is 50.7 Å². The Morgan fingerprint density at radius 3 is 2.88 bits per heavy atom. The predicted molar refractivity (Wildman–Crippen MR) is 60.3 cm³/mol.